The minimum absolute atomic E-state index is 0.630. The Hall–Kier alpha value is -0.520. The fourth-order valence-electron chi connectivity index (χ4n) is 1.24. The van der Waals surface area contributed by atoms with Crippen molar-refractivity contribution >= 4 is 0 Å². The zero-order chi connectivity index (χ0) is 8.69. The molecule has 0 aliphatic rings. The topological polar surface area (TPSA) is 0 Å². The fraction of sp³-hybridized carbons (Fsp3) is 0.545. The van der Waals surface area contributed by atoms with E-state index in [-0.39, 0.29) is 0 Å². The maximum Gasteiger partial charge on any atom is 0.0000990 e. The van der Waals surface area contributed by atoms with Crippen molar-refractivity contribution in [2.24, 2.45) is 5.92 Å². The molecule has 0 spiro atoms. The van der Waals surface area contributed by atoms with E-state index in [0.717, 1.165) is 6.42 Å². The van der Waals surface area contributed by atoms with E-state index in [1.807, 2.05) is 12.2 Å². The average Bonchev–Trinajstić information content (AvgIpc) is 2.00. The quantitative estimate of drug-likeness (QED) is 0.507. The highest BCUT2D eigenvalue weighted by molar-refractivity contribution is 5.09. The third kappa shape index (κ3) is 4.02. The molecule has 0 saturated carbocycles. The van der Waals surface area contributed by atoms with E-state index < -0.39 is 0 Å². The summed E-state index contributed by atoms with van der Waals surface area (Å²) in [6.45, 7) is 12.0. The van der Waals surface area contributed by atoms with Crippen LogP contribution in [0.15, 0.2) is 25.3 Å². The van der Waals surface area contributed by atoms with Gasteiger partial charge in [0.1, 0.15) is 0 Å². The highest BCUT2D eigenvalue weighted by Gasteiger charge is 2.11. The molecule has 0 rings (SSSR count). The molecule has 0 aromatic heterocycles. The summed E-state index contributed by atoms with van der Waals surface area (Å²) in [5.41, 5.74) is 0. The van der Waals surface area contributed by atoms with Gasteiger partial charge in [0.05, 0.1) is 0 Å². The molecule has 0 N–H and O–H groups in total. The minimum atomic E-state index is 0.630. The molecule has 1 atom stereocenters. The molecule has 1 unspecified atom stereocenters. The summed E-state index contributed by atoms with van der Waals surface area (Å²) in [7, 11) is 0. The lowest BCUT2D eigenvalue weighted by Gasteiger charge is -2.17. The van der Waals surface area contributed by atoms with Crippen LogP contribution < -0.4 is 0 Å². The zero-order valence-corrected chi connectivity index (χ0v) is 7.77. The summed E-state index contributed by atoms with van der Waals surface area (Å²) in [5, 5.41) is 0. The summed E-state index contributed by atoms with van der Waals surface area (Å²) in [5.74, 6) is 2.09. The normalized spacial score (nSPS) is 13.0. The van der Waals surface area contributed by atoms with Gasteiger partial charge in [-0.1, -0.05) is 32.4 Å². The second-order valence-corrected chi connectivity index (χ2v) is 2.95. The van der Waals surface area contributed by atoms with Crippen molar-refractivity contribution in [3.63, 3.8) is 0 Å². The third-order valence-electron chi connectivity index (χ3n) is 1.95. The van der Waals surface area contributed by atoms with Gasteiger partial charge in [0, 0.05) is 5.92 Å². The molecule has 0 nitrogen and oxygen atoms in total. The highest BCUT2D eigenvalue weighted by Crippen LogP contribution is 2.23. The smallest absolute Gasteiger partial charge is 0.0000990 e. The van der Waals surface area contributed by atoms with Crippen LogP contribution >= 0.6 is 0 Å². The Balaban J connectivity index is 3.79. The standard InChI is InChI=1S/C11H19/c1-5-8-10(4)11(7-3)9-6-2/h5,7,10H,1,3,6,8-9H2,2,4H3. The van der Waals surface area contributed by atoms with E-state index >= 15 is 0 Å². The van der Waals surface area contributed by atoms with Gasteiger partial charge in [0.25, 0.3) is 0 Å². The lowest BCUT2D eigenvalue weighted by atomic mass is 9.88. The zero-order valence-electron chi connectivity index (χ0n) is 7.77. The van der Waals surface area contributed by atoms with Crippen LogP contribution in [0, 0.1) is 11.8 Å². The van der Waals surface area contributed by atoms with Crippen molar-refractivity contribution in [3.05, 3.63) is 31.2 Å². The first-order chi connectivity index (χ1) is 5.26. The Morgan fingerprint density at radius 3 is 2.45 bits per heavy atom. The summed E-state index contributed by atoms with van der Waals surface area (Å²) in [4.78, 5) is 0. The molecule has 11 heavy (non-hydrogen) atoms. The van der Waals surface area contributed by atoms with Gasteiger partial charge in [-0.15, -0.1) is 13.2 Å². The van der Waals surface area contributed by atoms with Crippen molar-refractivity contribution in [1.29, 1.82) is 0 Å². The largest absolute Gasteiger partial charge is 0.103 e. The van der Waals surface area contributed by atoms with Crippen LogP contribution in [-0.2, 0) is 0 Å². The lowest BCUT2D eigenvalue weighted by Crippen LogP contribution is -2.05. The Bertz CT molecular complexity index is 113. The summed E-state index contributed by atoms with van der Waals surface area (Å²) in [6, 6.07) is 0. The van der Waals surface area contributed by atoms with Crippen LogP contribution in [0.25, 0.3) is 0 Å². The number of hydrogen-bond donors (Lipinski definition) is 0. The van der Waals surface area contributed by atoms with Crippen LogP contribution in [0.4, 0.5) is 0 Å². The van der Waals surface area contributed by atoms with Gasteiger partial charge < -0.3 is 0 Å². The third-order valence-corrected chi connectivity index (χ3v) is 1.95. The van der Waals surface area contributed by atoms with Crippen molar-refractivity contribution < 1.29 is 0 Å². The Morgan fingerprint density at radius 1 is 1.45 bits per heavy atom. The Labute approximate surface area is 71.0 Å². The predicted octanol–water partition coefficient (Wildman–Crippen LogP) is 3.76. The molecular weight excluding hydrogens is 132 g/mol. The van der Waals surface area contributed by atoms with Crippen LogP contribution in [-0.4, -0.2) is 0 Å². The van der Waals surface area contributed by atoms with E-state index in [2.05, 4.69) is 27.0 Å². The Morgan fingerprint density at radius 2 is 2.09 bits per heavy atom. The average molecular weight is 151 g/mol. The van der Waals surface area contributed by atoms with Gasteiger partial charge in [-0.05, 0) is 18.8 Å². The van der Waals surface area contributed by atoms with Crippen molar-refractivity contribution in [2.75, 3.05) is 0 Å². The summed E-state index contributed by atoms with van der Waals surface area (Å²) < 4.78 is 0. The van der Waals surface area contributed by atoms with Crippen LogP contribution in [0.3, 0.4) is 0 Å². The van der Waals surface area contributed by atoms with Gasteiger partial charge in [0.2, 0.25) is 0 Å². The molecule has 0 aromatic carbocycles. The van der Waals surface area contributed by atoms with Crippen LogP contribution in [0.1, 0.15) is 33.1 Å². The van der Waals surface area contributed by atoms with Gasteiger partial charge in [0.15, 0.2) is 0 Å². The van der Waals surface area contributed by atoms with Crippen molar-refractivity contribution in [2.45, 2.75) is 33.1 Å². The summed E-state index contributed by atoms with van der Waals surface area (Å²) in [6.07, 6.45) is 7.43. The second kappa shape index (κ2) is 6.21. The van der Waals surface area contributed by atoms with Crippen molar-refractivity contribution in [3.8, 4) is 0 Å². The van der Waals surface area contributed by atoms with Gasteiger partial charge in [-0.3, -0.25) is 0 Å². The molecule has 63 valence electrons. The van der Waals surface area contributed by atoms with Crippen LogP contribution in [0.2, 0.25) is 0 Å². The number of hydrogen-bond acceptors (Lipinski definition) is 0. The maximum atomic E-state index is 3.81. The Kier molecular flexibility index (Phi) is 5.91. The minimum Gasteiger partial charge on any atom is -0.103 e. The first kappa shape index (κ1) is 10.5. The molecule has 0 heterocycles. The molecule has 0 aliphatic carbocycles. The molecule has 0 fully saturated rings. The molecule has 0 aliphatic heterocycles. The molecule has 0 amide bonds. The van der Waals surface area contributed by atoms with Crippen molar-refractivity contribution in [1.82, 2.24) is 0 Å². The molecular formula is C11H19. The van der Waals surface area contributed by atoms with Gasteiger partial charge in [-0.2, -0.15) is 0 Å². The SMILES string of the molecule is C=CCC(C)[C](C=C)CCC. The fourth-order valence-corrected chi connectivity index (χ4v) is 1.24. The first-order valence-corrected chi connectivity index (χ1v) is 4.35. The molecule has 0 aromatic rings. The first-order valence-electron chi connectivity index (χ1n) is 4.35. The monoisotopic (exact) mass is 151 g/mol. The van der Waals surface area contributed by atoms with E-state index in [4.69, 9.17) is 0 Å². The van der Waals surface area contributed by atoms with Crippen LogP contribution in [0.5, 0.6) is 0 Å². The van der Waals surface area contributed by atoms with E-state index in [0.29, 0.717) is 5.92 Å². The van der Waals surface area contributed by atoms with E-state index in [9.17, 15) is 0 Å². The molecule has 0 saturated heterocycles. The van der Waals surface area contributed by atoms with E-state index in [1.54, 1.807) is 0 Å². The number of rotatable bonds is 6. The van der Waals surface area contributed by atoms with E-state index in [1.165, 1.54) is 18.8 Å². The molecule has 0 heteroatoms. The molecule has 0 bridgehead atoms. The second-order valence-electron chi connectivity index (χ2n) is 2.95. The van der Waals surface area contributed by atoms with Gasteiger partial charge in [-0.25, -0.2) is 0 Å². The van der Waals surface area contributed by atoms with Gasteiger partial charge >= 0.3 is 0 Å². The maximum absolute atomic E-state index is 3.81. The highest BCUT2D eigenvalue weighted by atomic mass is 14.2. The summed E-state index contributed by atoms with van der Waals surface area (Å²) >= 11 is 0. The lowest BCUT2D eigenvalue weighted by molar-refractivity contribution is 0.586. The number of allylic oxidation sites excluding steroid dienone is 2. The molecule has 1 radical (unpaired) electrons. The predicted molar refractivity (Wildman–Crippen MR) is 52.3 cm³/mol.